The van der Waals surface area contributed by atoms with E-state index in [1.165, 1.54) is 334 Å². The quantitative estimate of drug-likeness (QED) is 0.0448. The van der Waals surface area contributed by atoms with Crippen LogP contribution in [0.1, 0.15) is 394 Å². The van der Waals surface area contributed by atoms with Gasteiger partial charge < -0.3 is 14.4 Å². The van der Waals surface area contributed by atoms with Crippen LogP contribution in [-0.2, 0) is 9.47 Å². The lowest BCUT2D eigenvalue weighted by Gasteiger charge is -2.35. The van der Waals surface area contributed by atoms with E-state index in [1.807, 2.05) is 0 Å². The molecule has 3 nitrogen and oxygen atoms in total. The molecule has 0 saturated carbocycles. The first-order valence-corrected chi connectivity index (χ1v) is 37.4. The molecule has 0 N–H and O–H groups in total. The van der Waals surface area contributed by atoms with E-state index in [2.05, 4.69) is 120 Å². The predicted molar refractivity (Wildman–Crippen MR) is 371 cm³/mol. The van der Waals surface area contributed by atoms with Crippen molar-refractivity contribution in [1.29, 1.82) is 0 Å². The highest BCUT2D eigenvalue weighted by Crippen LogP contribution is 2.49. The molecule has 1 atom stereocenters. The third-order valence-electron chi connectivity index (χ3n) is 17.9. The molecule has 1 heterocycles. The Kier molecular flexibility index (Phi) is 59.6. The van der Waals surface area contributed by atoms with E-state index in [-0.39, 0.29) is 11.7 Å². The first kappa shape index (κ1) is 78.3. The first-order chi connectivity index (χ1) is 40.5. The fourth-order valence-corrected chi connectivity index (χ4v) is 12.5. The molecule has 1 aliphatic rings. The fraction of sp³-hybridized carbons (Fsp3) is 0.848. The summed E-state index contributed by atoms with van der Waals surface area (Å²) >= 11 is 0. The van der Waals surface area contributed by atoms with Gasteiger partial charge in [0, 0.05) is 19.4 Å². The van der Waals surface area contributed by atoms with Gasteiger partial charge in [-0.15, -0.1) is 0 Å². The monoisotopic (exact) mass is 1140 g/mol. The minimum absolute atomic E-state index is 0.161. The Labute approximate surface area is 516 Å². The van der Waals surface area contributed by atoms with E-state index in [9.17, 15) is 0 Å². The summed E-state index contributed by atoms with van der Waals surface area (Å²) in [6.07, 6.45) is 104. The topological polar surface area (TPSA) is 21.7 Å². The van der Waals surface area contributed by atoms with E-state index < -0.39 is 5.79 Å². The molecular weight excluding hydrogens is 995 g/mol. The zero-order chi connectivity index (χ0) is 59.1. The van der Waals surface area contributed by atoms with Crippen LogP contribution >= 0.6 is 0 Å². The van der Waals surface area contributed by atoms with Gasteiger partial charge in [0.15, 0.2) is 5.79 Å². The number of ether oxygens (including phenoxy) is 2. The Hall–Kier alpha value is -1.68. The molecule has 0 aromatic heterocycles. The second kappa shape index (κ2) is 62.4. The fourth-order valence-electron chi connectivity index (χ4n) is 12.5. The number of unbranched alkanes of at least 4 members (excludes halogenated alkanes) is 42. The van der Waals surface area contributed by atoms with Crippen LogP contribution in [0.5, 0.6) is 0 Å². The van der Waals surface area contributed by atoms with Crippen molar-refractivity contribution in [2.75, 3.05) is 20.6 Å². The van der Waals surface area contributed by atoms with E-state index in [1.54, 1.807) is 0 Å². The summed E-state index contributed by atoms with van der Waals surface area (Å²) in [5, 5.41) is 0. The number of hydrogen-bond acceptors (Lipinski definition) is 3. The highest BCUT2D eigenvalue weighted by molar-refractivity contribution is 4.99. The van der Waals surface area contributed by atoms with Crippen molar-refractivity contribution in [3.63, 3.8) is 0 Å². The van der Waals surface area contributed by atoms with Gasteiger partial charge in [-0.3, -0.25) is 0 Å². The van der Waals surface area contributed by atoms with E-state index in [0.29, 0.717) is 0 Å². The van der Waals surface area contributed by atoms with Gasteiger partial charge in [-0.25, -0.2) is 0 Å². The van der Waals surface area contributed by atoms with Gasteiger partial charge in [0.2, 0.25) is 0 Å². The third-order valence-corrected chi connectivity index (χ3v) is 17.9. The molecule has 3 heteroatoms. The van der Waals surface area contributed by atoms with Gasteiger partial charge in [0.05, 0.1) is 11.7 Å². The molecule has 1 aliphatic heterocycles. The molecule has 1 unspecified atom stereocenters. The molecule has 0 spiro atoms. The summed E-state index contributed by atoms with van der Waals surface area (Å²) in [5.41, 5.74) is -0.161. The average Bonchev–Trinajstić information content (AvgIpc) is 4.00. The molecule has 0 radical (unpaired) electrons. The first-order valence-electron chi connectivity index (χ1n) is 37.4. The van der Waals surface area contributed by atoms with Crippen molar-refractivity contribution in [2.24, 2.45) is 0 Å². The van der Waals surface area contributed by atoms with E-state index >= 15 is 0 Å². The van der Waals surface area contributed by atoms with E-state index in [4.69, 9.17) is 9.47 Å². The van der Waals surface area contributed by atoms with Crippen LogP contribution in [0, 0.1) is 0 Å². The summed E-state index contributed by atoms with van der Waals surface area (Å²) in [5.74, 6) is -0.421. The van der Waals surface area contributed by atoms with Crippen LogP contribution in [0.3, 0.4) is 0 Å². The maximum Gasteiger partial charge on any atom is 0.169 e. The number of allylic oxidation sites excluding steroid dienone is 12. The van der Waals surface area contributed by atoms with Crippen molar-refractivity contribution >= 4 is 0 Å². The molecule has 1 saturated heterocycles. The van der Waals surface area contributed by atoms with Gasteiger partial charge in [-0.05, 0) is 162 Å². The standard InChI is InChI=1S/C79H147NO2/c1-7-11-15-19-23-27-31-35-39-43-47-51-55-59-63-67-72-78(73-68-64-60-56-52-48-44-40-36-32-28-24-20-16-12-8-2)77(71-76-80(5)6)81-79(82-78,74-69-65-61-57-53-49-45-41-37-33-29-25-21-17-13-9-3)75-70-66-62-58-54-50-46-42-38-34-30-26-22-18-14-10-4/h23-24,27-28,35-42,77H,7-22,25-26,29-34,43-76H2,1-6H3/b27-23-,28-24-,39-35-,40-36-,41-37-,42-38-. The predicted octanol–water partition coefficient (Wildman–Crippen LogP) is 27.1. The normalized spacial score (nSPS) is 15.6. The molecule has 0 aromatic carbocycles. The van der Waals surface area contributed by atoms with Crippen molar-refractivity contribution in [3.05, 3.63) is 72.9 Å². The third kappa shape index (κ3) is 50.5. The van der Waals surface area contributed by atoms with Gasteiger partial charge in [0.1, 0.15) is 0 Å². The molecule has 0 bridgehead atoms. The second-order valence-corrected chi connectivity index (χ2v) is 26.3. The smallest absolute Gasteiger partial charge is 0.169 e. The summed E-state index contributed by atoms with van der Waals surface area (Å²) in [4.78, 5) is 2.39. The van der Waals surface area contributed by atoms with Gasteiger partial charge in [0.25, 0.3) is 0 Å². The molecule has 1 fully saturated rings. The summed E-state index contributed by atoms with van der Waals surface area (Å²) in [6, 6.07) is 0. The Morgan fingerprint density at radius 1 is 0.280 bits per heavy atom. The SMILES string of the molecule is CCCCC/C=C\C/C=C\CCCCCCCCC1(CCCCCCCC/C=C\C/C=C\CCCCC)OC(CCCCCCCC/C=C\CCCCCCCC)(CCCCCCCC/C=C\CCCCCCCC)OC1CCN(C)C. The maximum atomic E-state index is 7.90. The Morgan fingerprint density at radius 2 is 0.512 bits per heavy atom. The van der Waals surface area contributed by atoms with Gasteiger partial charge in [-0.1, -0.05) is 306 Å². The molecule has 480 valence electrons. The van der Waals surface area contributed by atoms with Gasteiger partial charge >= 0.3 is 0 Å². The van der Waals surface area contributed by atoms with Crippen LogP contribution in [0.15, 0.2) is 72.9 Å². The van der Waals surface area contributed by atoms with Crippen molar-refractivity contribution in [2.45, 2.75) is 411 Å². The molecule has 0 amide bonds. The number of nitrogens with zero attached hydrogens (tertiary/aromatic N) is 1. The molecular formula is C79H147NO2. The summed E-state index contributed by atoms with van der Waals surface area (Å²) in [6.45, 7) is 10.3. The highest BCUT2D eigenvalue weighted by Gasteiger charge is 2.55. The minimum atomic E-state index is -0.421. The largest absolute Gasteiger partial charge is 0.344 e. The number of rotatable bonds is 65. The lowest BCUT2D eigenvalue weighted by atomic mass is 9.83. The number of hydrogen-bond donors (Lipinski definition) is 0. The summed E-state index contributed by atoms with van der Waals surface area (Å²) < 4.78 is 15.5. The van der Waals surface area contributed by atoms with Crippen LogP contribution in [0.4, 0.5) is 0 Å². The Morgan fingerprint density at radius 3 is 0.805 bits per heavy atom. The highest BCUT2D eigenvalue weighted by atomic mass is 16.8. The molecule has 0 aromatic rings. The van der Waals surface area contributed by atoms with Crippen molar-refractivity contribution < 1.29 is 9.47 Å². The molecule has 1 rings (SSSR count). The maximum absolute atomic E-state index is 7.90. The van der Waals surface area contributed by atoms with E-state index in [0.717, 1.165) is 38.6 Å². The molecule has 82 heavy (non-hydrogen) atoms. The average molecular weight is 1140 g/mol. The Bertz CT molecular complexity index is 1360. The van der Waals surface area contributed by atoms with Crippen molar-refractivity contribution in [3.8, 4) is 0 Å². The van der Waals surface area contributed by atoms with Crippen LogP contribution in [-0.4, -0.2) is 43.0 Å². The van der Waals surface area contributed by atoms with Crippen LogP contribution in [0.2, 0.25) is 0 Å². The summed E-state index contributed by atoms with van der Waals surface area (Å²) in [7, 11) is 4.52. The van der Waals surface area contributed by atoms with Gasteiger partial charge in [-0.2, -0.15) is 0 Å². The minimum Gasteiger partial charge on any atom is -0.344 e. The lowest BCUT2D eigenvalue weighted by molar-refractivity contribution is -0.203. The van der Waals surface area contributed by atoms with Crippen molar-refractivity contribution in [1.82, 2.24) is 4.90 Å². The molecule has 0 aliphatic carbocycles. The van der Waals surface area contributed by atoms with Crippen LogP contribution in [0.25, 0.3) is 0 Å². The van der Waals surface area contributed by atoms with Crippen LogP contribution < -0.4 is 0 Å². The second-order valence-electron chi connectivity index (χ2n) is 26.3. The Balaban J connectivity index is 2.99. The lowest BCUT2D eigenvalue weighted by Crippen LogP contribution is -2.42. The zero-order valence-electron chi connectivity index (χ0n) is 56.8. The zero-order valence-corrected chi connectivity index (χ0v) is 56.8.